The Morgan fingerprint density at radius 1 is 1.17 bits per heavy atom. The van der Waals surface area contributed by atoms with Crippen LogP contribution in [0.25, 0.3) is 11.1 Å². The maximum absolute atomic E-state index is 14.2. The Morgan fingerprint density at radius 3 is 2.45 bits per heavy atom. The summed E-state index contributed by atoms with van der Waals surface area (Å²) < 4.78 is 29.1. The monoisotopic (exact) mass is 398 g/mol. The summed E-state index contributed by atoms with van der Waals surface area (Å²) in [6.45, 7) is 3.35. The molecule has 0 bridgehead atoms. The first-order chi connectivity index (χ1) is 13.8. The third kappa shape index (κ3) is 4.16. The van der Waals surface area contributed by atoms with Gasteiger partial charge in [0.2, 0.25) is 5.95 Å². The minimum Gasteiger partial charge on any atom is -0.399 e. The van der Waals surface area contributed by atoms with Crippen molar-refractivity contribution in [2.75, 3.05) is 12.4 Å². The van der Waals surface area contributed by atoms with Crippen LogP contribution in [0.1, 0.15) is 28.5 Å². The van der Waals surface area contributed by atoms with E-state index < -0.39 is 17.7 Å². The van der Waals surface area contributed by atoms with Crippen LogP contribution in [-0.2, 0) is 11.9 Å². The highest BCUT2D eigenvalue weighted by atomic mass is 19.1. The minimum absolute atomic E-state index is 0.149. The van der Waals surface area contributed by atoms with Gasteiger partial charge in [-0.05, 0) is 43.2 Å². The Kier molecular flexibility index (Phi) is 5.72. The number of carbonyl (C=O) groups excluding carboxylic acids is 1. The van der Waals surface area contributed by atoms with Gasteiger partial charge in [0.05, 0.1) is 11.4 Å². The predicted octanol–water partition coefficient (Wildman–Crippen LogP) is 4.30. The second-order valence-electron chi connectivity index (χ2n) is 6.46. The second-order valence-corrected chi connectivity index (χ2v) is 6.46. The molecule has 1 aromatic heterocycles. The Hall–Kier alpha value is -3.55. The molecule has 3 rings (SSSR count). The van der Waals surface area contributed by atoms with Crippen LogP contribution in [-0.4, -0.2) is 28.5 Å². The van der Waals surface area contributed by atoms with E-state index in [2.05, 4.69) is 15.6 Å². The molecule has 0 radical (unpaired) electrons. The summed E-state index contributed by atoms with van der Waals surface area (Å²) in [6, 6.07) is 11.2. The molecule has 1 heterocycles. The van der Waals surface area contributed by atoms with Crippen molar-refractivity contribution in [3.05, 3.63) is 71.1 Å². The predicted molar refractivity (Wildman–Crippen MR) is 107 cm³/mol. The SMILES string of the molecule is CON=C(C)c1ccc(-c2cc(F)ccc2NC(=O)c2c(C)nn(C)c2F)cc1. The van der Waals surface area contributed by atoms with E-state index >= 15 is 0 Å². The average molecular weight is 398 g/mol. The molecule has 150 valence electrons. The van der Waals surface area contributed by atoms with Crippen LogP contribution in [0.15, 0.2) is 47.6 Å². The zero-order chi connectivity index (χ0) is 21.1. The van der Waals surface area contributed by atoms with Gasteiger partial charge < -0.3 is 10.2 Å². The first kappa shape index (κ1) is 20.2. The zero-order valence-corrected chi connectivity index (χ0v) is 16.5. The number of hydrogen-bond donors (Lipinski definition) is 1. The number of aromatic nitrogens is 2. The van der Waals surface area contributed by atoms with Gasteiger partial charge in [0.15, 0.2) is 0 Å². The molecule has 1 amide bonds. The molecular formula is C21H20F2N4O2. The number of nitrogens with one attached hydrogen (secondary N) is 1. The molecule has 29 heavy (non-hydrogen) atoms. The van der Waals surface area contributed by atoms with Crippen LogP contribution in [0.5, 0.6) is 0 Å². The van der Waals surface area contributed by atoms with Gasteiger partial charge in [-0.2, -0.15) is 9.49 Å². The first-order valence-electron chi connectivity index (χ1n) is 8.80. The number of aryl methyl sites for hydroxylation is 2. The lowest BCUT2D eigenvalue weighted by molar-refractivity contribution is 0.102. The smallest absolute Gasteiger partial charge is 0.262 e. The number of nitrogens with zero attached hydrogens (tertiary/aromatic N) is 3. The molecular weight excluding hydrogens is 378 g/mol. The van der Waals surface area contributed by atoms with Crippen molar-refractivity contribution in [2.24, 2.45) is 12.2 Å². The second kappa shape index (κ2) is 8.22. The number of halogens is 2. The molecule has 3 aromatic rings. The third-order valence-corrected chi connectivity index (χ3v) is 4.45. The summed E-state index contributed by atoms with van der Waals surface area (Å²) in [7, 11) is 2.88. The van der Waals surface area contributed by atoms with E-state index in [1.807, 2.05) is 12.1 Å². The Labute approximate surface area is 166 Å². The summed E-state index contributed by atoms with van der Waals surface area (Å²) in [5.74, 6) is -1.84. The van der Waals surface area contributed by atoms with Gasteiger partial charge in [-0.3, -0.25) is 4.79 Å². The van der Waals surface area contributed by atoms with E-state index in [-0.39, 0.29) is 11.3 Å². The normalized spacial score (nSPS) is 11.4. The zero-order valence-electron chi connectivity index (χ0n) is 16.5. The van der Waals surface area contributed by atoms with Crippen LogP contribution in [0.4, 0.5) is 14.5 Å². The number of anilines is 1. The number of rotatable bonds is 5. The molecule has 0 aliphatic carbocycles. The molecule has 0 atom stereocenters. The minimum atomic E-state index is -0.735. The van der Waals surface area contributed by atoms with Crippen molar-refractivity contribution >= 4 is 17.3 Å². The maximum atomic E-state index is 14.2. The number of oxime groups is 1. The lowest BCUT2D eigenvalue weighted by atomic mass is 10.0. The molecule has 6 nitrogen and oxygen atoms in total. The highest BCUT2D eigenvalue weighted by Crippen LogP contribution is 2.30. The van der Waals surface area contributed by atoms with Gasteiger partial charge in [0.1, 0.15) is 18.5 Å². The van der Waals surface area contributed by atoms with E-state index in [1.54, 1.807) is 26.0 Å². The molecule has 0 aliphatic heterocycles. The van der Waals surface area contributed by atoms with E-state index in [4.69, 9.17) is 4.84 Å². The summed E-state index contributed by atoms with van der Waals surface area (Å²) >= 11 is 0. The Balaban J connectivity index is 1.96. The van der Waals surface area contributed by atoms with Crippen molar-refractivity contribution in [3.63, 3.8) is 0 Å². The molecule has 0 aliphatic rings. The molecule has 0 fully saturated rings. The van der Waals surface area contributed by atoms with E-state index in [1.165, 1.54) is 32.4 Å². The summed E-state index contributed by atoms with van der Waals surface area (Å²) in [6.07, 6.45) is 0. The molecule has 1 N–H and O–H groups in total. The number of benzene rings is 2. The number of hydrogen-bond acceptors (Lipinski definition) is 4. The molecule has 0 spiro atoms. The van der Waals surface area contributed by atoms with Gasteiger partial charge in [0.25, 0.3) is 5.91 Å². The Bertz CT molecular complexity index is 1090. The fraction of sp³-hybridized carbons (Fsp3) is 0.190. The topological polar surface area (TPSA) is 68.5 Å². The first-order valence-corrected chi connectivity index (χ1v) is 8.80. The van der Waals surface area contributed by atoms with Crippen molar-refractivity contribution < 1.29 is 18.4 Å². The van der Waals surface area contributed by atoms with Gasteiger partial charge in [-0.25, -0.2) is 9.07 Å². The quantitative estimate of drug-likeness (QED) is 0.515. The van der Waals surface area contributed by atoms with Crippen molar-refractivity contribution in [3.8, 4) is 11.1 Å². The molecule has 8 heteroatoms. The van der Waals surface area contributed by atoms with E-state index in [9.17, 15) is 13.6 Å². The largest absolute Gasteiger partial charge is 0.399 e. The van der Waals surface area contributed by atoms with Crippen molar-refractivity contribution in [2.45, 2.75) is 13.8 Å². The van der Waals surface area contributed by atoms with E-state index in [0.717, 1.165) is 10.2 Å². The van der Waals surface area contributed by atoms with Crippen LogP contribution < -0.4 is 5.32 Å². The van der Waals surface area contributed by atoms with Crippen LogP contribution in [0.2, 0.25) is 0 Å². The lowest BCUT2D eigenvalue weighted by Crippen LogP contribution is -2.15. The average Bonchev–Trinajstić information content (AvgIpc) is 2.95. The van der Waals surface area contributed by atoms with Crippen molar-refractivity contribution in [1.29, 1.82) is 0 Å². The molecule has 0 saturated carbocycles. The van der Waals surface area contributed by atoms with Crippen LogP contribution in [0, 0.1) is 18.7 Å². The van der Waals surface area contributed by atoms with Gasteiger partial charge in [-0.1, -0.05) is 29.4 Å². The Morgan fingerprint density at radius 2 is 1.86 bits per heavy atom. The fourth-order valence-electron chi connectivity index (χ4n) is 3.02. The lowest BCUT2D eigenvalue weighted by Gasteiger charge is -2.12. The van der Waals surface area contributed by atoms with Crippen LogP contribution in [0.3, 0.4) is 0 Å². The summed E-state index contributed by atoms with van der Waals surface area (Å²) in [4.78, 5) is 17.4. The summed E-state index contributed by atoms with van der Waals surface area (Å²) in [5.41, 5.74) is 3.15. The molecule has 0 unspecified atom stereocenters. The standard InChI is InChI=1S/C21H20F2N4O2/c1-12(26-29-4)14-5-7-15(8-6-14)17-11-16(22)9-10-18(17)24-21(28)19-13(2)25-27(3)20(19)23/h5-11H,1-4H3,(H,24,28). The highest BCUT2D eigenvalue weighted by molar-refractivity contribution is 6.07. The summed E-state index contributed by atoms with van der Waals surface area (Å²) in [5, 5.41) is 10.4. The van der Waals surface area contributed by atoms with E-state index in [0.29, 0.717) is 22.5 Å². The van der Waals surface area contributed by atoms with Gasteiger partial charge >= 0.3 is 0 Å². The van der Waals surface area contributed by atoms with Gasteiger partial charge in [0, 0.05) is 18.3 Å². The fourth-order valence-corrected chi connectivity index (χ4v) is 3.02. The maximum Gasteiger partial charge on any atom is 0.262 e. The third-order valence-electron chi connectivity index (χ3n) is 4.45. The number of amides is 1. The highest BCUT2D eigenvalue weighted by Gasteiger charge is 2.21. The molecule has 0 saturated heterocycles. The molecule has 2 aromatic carbocycles. The van der Waals surface area contributed by atoms with Gasteiger partial charge in [-0.15, -0.1) is 0 Å². The van der Waals surface area contributed by atoms with Crippen LogP contribution >= 0.6 is 0 Å². The van der Waals surface area contributed by atoms with Crippen molar-refractivity contribution in [1.82, 2.24) is 9.78 Å². The number of carbonyl (C=O) groups is 1.